The largest absolute Gasteiger partial charge is 0.383 e. The Bertz CT molecular complexity index is 1080. The Hall–Kier alpha value is -2.57. The van der Waals surface area contributed by atoms with E-state index >= 15 is 0 Å². The van der Waals surface area contributed by atoms with Crippen LogP contribution in [0.15, 0.2) is 41.4 Å². The molecule has 0 aliphatic heterocycles. The van der Waals surface area contributed by atoms with E-state index in [1.54, 1.807) is 31.4 Å². The number of Topliss-reactive ketones (excluding diaryl/α,β-unsaturated/α-hetero) is 1. The summed E-state index contributed by atoms with van der Waals surface area (Å²) in [6.07, 6.45) is 0. The summed E-state index contributed by atoms with van der Waals surface area (Å²) in [5.41, 5.74) is 4.44. The predicted molar refractivity (Wildman–Crippen MR) is 108 cm³/mol. The number of ether oxygens (including phenoxy) is 1. The number of thiazole rings is 1. The molecule has 0 N–H and O–H groups in total. The smallest absolute Gasteiger partial charge is 0.279 e. The van der Waals surface area contributed by atoms with Crippen LogP contribution in [-0.2, 0) is 11.3 Å². The van der Waals surface area contributed by atoms with Crippen LogP contribution in [0.25, 0.3) is 10.2 Å². The molecule has 1 amide bonds. The van der Waals surface area contributed by atoms with Gasteiger partial charge in [0.15, 0.2) is 10.6 Å². The summed E-state index contributed by atoms with van der Waals surface area (Å²) in [5, 5.41) is 0. The Morgan fingerprint density at radius 1 is 1.11 bits per heavy atom. The lowest BCUT2D eigenvalue weighted by molar-refractivity contribution is 0.0991. The fraction of sp³-hybridized carbons (Fsp3) is 0.286. The van der Waals surface area contributed by atoms with E-state index in [1.165, 1.54) is 29.4 Å². The maximum absolute atomic E-state index is 12.7. The minimum atomic E-state index is -0.322. The highest BCUT2D eigenvalue weighted by Gasteiger charge is 2.12. The van der Waals surface area contributed by atoms with E-state index in [-0.39, 0.29) is 11.7 Å². The number of fused-ring (bicyclic) bond motifs is 1. The van der Waals surface area contributed by atoms with Crippen molar-refractivity contribution in [3.05, 3.63) is 63.5 Å². The molecule has 0 saturated heterocycles. The van der Waals surface area contributed by atoms with Gasteiger partial charge in [0.1, 0.15) is 0 Å². The summed E-state index contributed by atoms with van der Waals surface area (Å²) in [7, 11) is 1.66. The summed E-state index contributed by atoms with van der Waals surface area (Å²) in [6.45, 7) is 6.78. The summed E-state index contributed by atoms with van der Waals surface area (Å²) >= 11 is 1.51. The first-order valence-electron chi connectivity index (χ1n) is 8.70. The molecule has 0 fully saturated rings. The fourth-order valence-corrected chi connectivity index (χ4v) is 4.10. The molecule has 2 aromatic carbocycles. The number of benzene rings is 2. The number of methoxy groups -OCH3 is 1. The van der Waals surface area contributed by atoms with Crippen molar-refractivity contribution >= 4 is 33.2 Å². The lowest BCUT2D eigenvalue weighted by Gasteiger charge is -2.06. The molecule has 0 radical (unpaired) electrons. The van der Waals surface area contributed by atoms with Gasteiger partial charge in [-0.15, -0.1) is 0 Å². The Morgan fingerprint density at radius 2 is 1.78 bits per heavy atom. The first-order chi connectivity index (χ1) is 12.9. The monoisotopic (exact) mass is 382 g/mol. The van der Waals surface area contributed by atoms with Crippen LogP contribution >= 0.6 is 11.3 Å². The normalized spacial score (nSPS) is 11.9. The number of hydrogen-bond donors (Lipinski definition) is 0. The van der Waals surface area contributed by atoms with Gasteiger partial charge >= 0.3 is 0 Å². The maximum atomic E-state index is 12.7. The molecular weight excluding hydrogens is 360 g/mol. The van der Waals surface area contributed by atoms with E-state index in [2.05, 4.69) is 31.0 Å². The zero-order valence-electron chi connectivity index (χ0n) is 15.9. The third-order valence-electron chi connectivity index (χ3n) is 4.37. The number of rotatable bonds is 5. The first kappa shape index (κ1) is 19.2. The second-order valence-electron chi connectivity index (χ2n) is 6.51. The number of carbonyl (C=O) groups excluding carboxylic acids is 2. The van der Waals surface area contributed by atoms with Crippen LogP contribution in [0.4, 0.5) is 0 Å². The van der Waals surface area contributed by atoms with Gasteiger partial charge < -0.3 is 9.30 Å². The molecule has 0 aliphatic rings. The third kappa shape index (κ3) is 4.07. The summed E-state index contributed by atoms with van der Waals surface area (Å²) in [4.78, 5) is 29.1. The lowest BCUT2D eigenvalue weighted by Crippen LogP contribution is -2.19. The lowest BCUT2D eigenvalue weighted by atomic mass is 10.1. The van der Waals surface area contributed by atoms with Gasteiger partial charge in [0, 0.05) is 24.8 Å². The molecule has 0 saturated carbocycles. The number of amides is 1. The van der Waals surface area contributed by atoms with Crippen LogP contribution in [0.5, 0.6) is 0 Å². The third-order valence-corrected chi connectivity index (χ3v) is 5.60. The van der Waals surface area contributed by atoms with Crippen molar-refractivity contribution in [1.82, 2.24) is 4.57 Å². The Labute approximate surface area is 161 Å². The summed E-state index contributed by atoms with van der Waals surface area (Å²) < 4.78 is 8.38. The van der Waals surface area contributed by atoms with Crippen LogP contribution in [0, 0.1) is 13.8 Å². The van der Waals surface area contributed by atoms with Crippen LogP contribution in [0.2, 0.25) is 0 Å². The van der Waals surface area contributed by atoms with Crippen molar-refractivity contribution in [3.63, 3.8) is 0 Å². The van der Waals surface area contributed by atoms with Gasteiger partial charge in [-0.2, -0.15) is 4.99 Å². The number of aromatic nitrogens is 1. The number of ketones is 1. The van der Waals surface area contributed by atoms with Crippen LogP contribution < -0.4 is 4.80 Å². The Kier molecular flexibility index (Phi) is 5.68. The van der Waals surface area contributed by atoms with E-state index in [0.717, 1.165) is 10.2 Å². The van der Waals surface area contributed by atoms with E-state index in [9.17, 15) is 9.59 Å². The van der Waals surface area contributed by atoms with Crippen LogP contribution in [0.1, 0.15) is 38.8 Å². The van der Waals surface area contributed by atoms with Crippen molar-refractivity contribution in [2.75, 3.05) is 13.7 Å². The molecular formula is C21H22N2O3S. The number of hydrogen-bond acceptors (Lipinski definition) is 4. The summed E-state index contributed by atoms with van der Waals surface area (Å²) in [5.74, 6) is -0.351. The molecule has 3 rings (SSSR count). The molecule has 5 nitrogen and oxygen atoms in total. The zero-order chi connectivity index (χ0) is 19.6. The van der Waals surface area contributed by atoms with Crippen LogP contribution in [-0.4, -0.2) is 30.0 Å². The molecule has 6 heteroatoms. The molecule has 0 spiro atoms. The molecule has 0 atom stereocenters. The van der Waals surface area contributed by atoms with Gasteiger partial charge in [-0.3, -0.25) is 9.59 Å². The maximum Gasteiger partial charge on any atom is 0.279 e. The van der Waals surface area contributed by atoms with Gasteiger partial charge in [0.05, 0.1) is 16.8 Å². The minimum Gasteiger partial charge on any atom is -0.383 e. The van der Waals surface area contributed by atoms with Gasteiger partial charge in [-0.25, -0.2) is 0 Å². The second kappa shape index (κ2) is 7.98. The highest BCUT2D eigenvalue weighted by atomic mass is 32.1. The van der Waals surface area contributed by atoms with Gasteiger partial charge in [-0.1, -0.05) is 29.5 Å². The predicted octanol–water partition coefficient (Wildman–Crippen LogP) is 3.91. The first-order valence-corrected chi connectivity index (χ1v) is 9.52. The number of carbonyl (C=O) groups is 2. The molecule has 0 aliphatic carbocycles. The zero-order valence-corrected chi connectivity index (χ0v) is 16.7. The van der Waals surface area contributed by atoms with E-state index < -0.39 is 0 Å². The average molecular weight is 382 g/mol. The quantitative estimate of drug-likeness (QED) is 0.629. The van der Waals surface area contributed by atoms with Gasteiger partial charge in [0.2, 0.25) is 0 Å². The molecule has 3 aromatic rings. The molecule has 27 heavy (non-hydrogen) atoms. The van der Waals surface area contributed by atoms with Crippen molar-refractivity contribution in [2.45, 2.75) is 27.3 Å². The summed E-state index contributed by atoms with van der Waals surface area (Å²) in [6, 6.07) is 10.8. The van der Waals surface area contributed by atoms with E-state index in [4.69, 9.17) is 4.74 Å². The van der Waals surface area contributed by atoms with E-state index in [0.29, 0.717) is 29.1 Å². The highest BCUT2D eigenvalue weighted by molar-refractivity contribution is 7.16. The van der Waals surface area contributed by atoms with Crippen LogP contribution in [0.3, 0.4) is 0 Å². The Balaban J connectivity index is 2.09. The standard InChI is InChI=1S/C21H22N2O3S/c1-13-11-14(2)19-18(12-13)23(9-10-26-4)21(27-19)22-20(25)17-7-5-16(6-8-17)15(3)24/h5-8,11-12H,9-10H2,1-4H3. The second-order valence-corrected chi connectivity index (χ2v) is 7.49. The molecule has 1 heterocycles. The van der Waals surface area contributed by atoms with Crippen molar-refractivity contribution in [2.24, 2.45) is 4.99 Å². The van der Waals surface area contributed by atoms with E-state index in [1.807, 2.05) is 4.57 Å². The molecule has 1 aromatic heterocycles. The van der Waals surface area contributed by atoms with Crippen molar-refractivity contribution in [3.8, 4) is 0 Å². The topological polar surface area (TPSA) is 60.7 Å². The van der Waals surface area contributed by atoms with Crippen molar-refractivity contribution in [1.29, 1.82) is 0 Å². The average Bonchev–Trinajstić information content (AvgIpc) is 2.97. The van der Waals surface area contributed by atoms with Gasteiger partial charge in [0.25, 0.3) is 5.91 Å². The number of nitrogens with zero attached hydrogens (tertiary/aromatic N) is 2. The SMILES string of the molecule is COCCn1c(=NC(=O)c2ccc(C(C)=O)cc2)sc2c(C)cc(C)cc21. The highest BCUT2D eigenvalue weighted by Crippen LogP contribution is 2.23. The molecule has 0 bridgehead atoms. The molecule has 140 valence electrons. The Morgan fingerprint density at radius 3 is 2.41 bits per heavy atom. The number of aryl methyl sites for hydroxylation is 2. The van der Waals surface area contributed by atoms with Crippen molar-refractivity contribution < 1.29 is 14.3 Å². The molecule has 0 unspecified atom stereocenters. The van der Waals surface area contributed by atoms with Gasteiger partial charge in [-0.05, 0) is 50.1 Å². The minimum absolute atomic E-state index is 0.0290. The fourth-order valence-electron chi connectivity index (χ4n) is 3.00.